The highest BCUT2D eigenvalue weighted by Crippen LogP contribution is 2.01. The van der Waals surface area contributed by atoms with Crippen molar-refractivity contribution in [1.82, 2.24) is 4.57 Å². The topological polar surface area (TPSA) is 8.81 Å². The molecule has 0 radical (unpaired) electrons. The van der Waals surface area contributed by atoms with Gasteiger partial charge in [-0.2, -0.15) is 0 Å². The lowest BCUT2D eigenvalue weighted by Gasteiger charge is -1.95. The van der Waals surface area contributed by atoms with Gasteiger partial charge in [-0.1, -0.05) is 13.3 Å². The van der Waals surface area contributed by atoms with Crippen LogP contribution in [0.4, 0.5) is 0 Å². The number of unbranched alkanes of at least 4 members (excludes halogenated alkanes) is 2. The summed E-state index contributed by atoms with van der Waals surface area (Å²) in [4.78, 5) is 0. The maximum atomic E-state index is 6.01. The summed E-state index contributed by atoms with van der Waals surface area (Å²) in [6, 6.07) is 0. The molecule has 2 nitrogen and oxygen atoms in total. The molecule has 0 unspecified atom stereocenters. The van der Waals surface area contributed by atoms with Crippen LogP contribution < -0.4 is 4.57 Å². The van der Waals surface area contributed by atoms with Gasteiger partial charge in [0.1, 0.15) is 12.4 Å². The van der Waals surface area contributed by atoms with Gasteiger partial charge in [0, 0.05) is 11.6 Å². The van der Waals surface area contributed by atoms with E-state index in [0.29, 0.717) is 0 Å². The predicted octanol–water partition coefficient (Wildman–Crippen LogP) is 2.16. The second kappa shape index (κ2) is 4.51. The molecule has 0 atom stereocenters. The highest BCUT2D eigenvalue weighted by Gasteiger charge is 2.09. The Bertz CT molecular complexity index is 243. The van der Waals surface area contributed by atoms with Gasteiger partial charge in [0.15, 0.2) is 0 Å². The summed E-state index contributed by atoms with van der Waals surface area (Å²) in [5.41, 5.74) is 0. The molecule has 0 aliphatic carbocycles. The zero-order valence-electron chi connectivity index (χ0n) is 7.76. The molecule has 1 heterocycles. The molecule has 1 rings (SSSR count). The standard InChI is InChI=1S/C9H16ClN2/c1-3-4-5-6-12-8-7-11(2)9(12)10/h7-8H,3-6H2,1-2H3/q+1. The Morgan fingerprint density at radius 1 is 1.50 bits per heavy atom. The molecule has 3 heteroatoms. The van der Waals surface area contributed by atoms with Gasteiger partial charge >= 0.3 is 5.28 Å². The van der Waals surface area contributed by atoms with E-state index in [1.807, 2.05) is 24.0 Å². The second-order valence-corrected chi connectivity index (χ2v) is 3.42. The van der Waals surface area contributed by atoms with Crippen molar-refractivity contribution in [2.45, 2.75) is 32.7 Å². The third kappa shape index (κ3) is 2.24. The van der Waals surface area contributed by atoms with E-state index in [0.717, 1.165) is 11.8 Å². The SMILES string of the molecule is CCCCC[n+]1ccn(C)c1Cl. The summed E-state index contributed by atoms with van der Waals surface area (Å²) in [6.45, 7) is 3.24. The smallest absolute Gasteiger partial charge is 0.223 e. The van der Waals surface area contributed by atoms with E-state index in [2.05, 4.69) is 11.5 Å². The average Bonchev–Trinajstić information content (AvgIpc) is 2.36. The van der Waals surface area contributed by atoms with Crippen LogP contribution in [0.3, 0.4) is 0 Å². The first kappa shape index (κ1) is 9.59. The third-order valence-corrected chi connectivity index (χ3v) is 2.48. The van der Waals surface area contributed by atoms with Gasteiger partial charge in [-0.25, -0.2) is 9.13 Å². The minimum Gasteiger partial charge on any atom is -0.223 e. The van der Waals surface area contributed by atoms with Crippen LogP contribution in [-0.2, 0) is 13.6 Å². The molecule has 0 saturated carbocycles. The van der Waals surface area contributed by atoms with E-state index in [9.17, 15) is 0 Å². The van der Waals surface area contributed by atoms with Crippen molar-refractivity contribution in [3.05, 3.63) is 17.7 Å². The molecule has 68 valence electrons. The van der Waals surface area contributed by atoms with Crippen LogP contribution in [0.2, 0.25) is 5.28 Å². The van der Waals surface area contributed by atoms with Crippen molar-refractivity contribution < 1.29 is 4.57 Å². The number of imidazole rings is 1. The molecule has 12 heavy (non-hydrogen) atoms. The Morgan fingerprint density at radius 3 is 2.75 bits per heavy atom. The maximum Gasteiger partial charge on any atom is 0.354 e. The van der Waals surface area contributed by atoms with Crippen molar-refractivity contribution >= 4 is 11.6 Å². The molecule has 1 aromatic rings. The van der Waals surface area contributed by atoms with Crippen LogP contribution in [0.5, 0.6) is 0 Å². The highest BCUT2D eigenvalue weighted by atomic mass is 35.5. The third-order valence-electron chi connectivity index (χ3n) is 2.00. The summed E-state index contributed by atoms with van der Waals surface area (Å²) in [5, 5.41) is 0.811. The molecule has 0 saturated heterocycles. The molecule has 0 amide bonds. The first-order valence-corrected chi connectivity index (χ1v) is 4.83. The van der Waals surface area contributed by atoms with Gasteiger partial charge in [0.05, 0.1) is 13.6 Å². The van der Waals surface area contributed by atoms with Gasteiger partial charge in [-0.05, 0) is 12.8 Å². The Hall–Kier alpha value is -0.500. The van der Waals surface area contributed by atoms with Gasteiger partial charge in [-0.15, -0.1) is 0 Å². The van der Waals surface area contributed by atoms with Crippen molar-refractivity contribution in [2.75, 3.05) is 0 Å². The van der Waals surface area contributed by atoms with E-state index < -0.39 is 0 Å². The molecule has 0 aliphatic rings. The number of hydrogen-bond donors (Lipinski definition) is 0. The lowest BCUT2D eigenvalue weighted by molar-refractivity contribution is -0.694. The van der Waals surface area contributed by atoms with E-state index in [-0.39, 0.29) is 0 Å². The Morgan fingerprint density at radius 2 is 2.25 bits per heavy atom. The Kier molecular flexibility index (Phi) is 3.60. The highest BCUT2D eigenvalue weighted by molar-refractivity contribution is 6.27. The van der Waals surface area contributed by atoms with Gasteiger partial charge in [-0.3, -0.25) is 0 Å². The van der Waals surface area contributed by atoms with Crippen molar-refractivity contribution in [1.29, 1.82) is 0 Å². The predicted molar refractivity (Wildman–Crippen MR) is 50.1 cm³/mol. The number of hydrogen-bond acceptors (Lipinski definition) is 0. The van der Waals surface area contributed by atoms with Crippen molar-refractivity contribution in [3.63, 3.8) is 0 Å². The number of halogens is 1. The molecular formula is C9H16ClN2+. The monoisotopic (exact) mass is 187 g/mol. The normalized spacial score (nSPS) is 10.6. The fraction of sp³-hybridized carbons (Fsp3) is 0.667. The second-order valence-electron chi connectivity index (χ2n) is 3.08. The van der Waals surface area contributed by atoms with E-state index in [1.54, 1.807) is 0 Å². The van der Waals surface area contributed by atoms with Crippen LogP contribution in [0.15, 0.2) is 12.4 Å². The zero-order chi connectivity index (χ0) is 8.97. The zero-order valence-corrected chi connectivity index (χ0v) is 8.51. The van der Waals surface area contributed by atoms with Crippen molar-refractivity contribution in [3.8, 4) is 0 Å². The van der Waals surface area contributed by atoms with E-state index >= 15 is 0 Å². The molecule has 0 aliphatic heterocycles. The fourth-order valence-corrected chi connectivity index (χ4v) is 1.40. The molecule has 0 spiro atoms. The molecule has 0 N–H and O–H groups in total. The molecule has 1 aromatic heterocycles. The van der Waals surface area contributed by atoms with E-state index in [4.69, 9.17) is 11.6 Å². The molecular weight excluding hydrogens is 172 g/mol. The number of aryl methyl sites for hydroxylation is 2. The lowest BCUT2D eigenvalue weighted by atomic mass is 10.2. The van der Waals surface area contributed by atoms with Crippen molar-refractivity contribution in [2.24, 2.45) is 7.05 Å². The largest absolute Gasteiger partial charge is 0.354 e. The maximum absolute atomic E-state index is 6.01. The van der Waals surface area contributed by atoms with Crippen LogP contribution in [0, 0.1) is 0 Å². The first-order chi connectivity index (χ1) is 5.75. The van der Waals surface area contributed by atoms with Gasteiger partial charge < -0.3 is 0 Å². The summed E-state index contributed by atoms with van der Waals surface area (Å²) >= 11 is 6.01. The van der Waals surface area contributed by atoms with Crippen LogP contribution in [0.25, 0.3) is 0 Å². The summed E-state index contributed by atoms with van der Waals surface area (Å²) in [7, 11) is 1.96. The number of nitrogens with zero attached hydrogens (tertiary/aromatic N) is 2. The quantitative estimate of drug-likeness (QED) is 0.505. The Labute approximate surface area is 78.8 Å². The Balaban J connectivity index is 2.46. The summed E-state index contributed by atoms with van der Waals surface area (Å²) < 4.78 is 4.00. The lowest BCUT2D eigenvalue weighted by Crippen LogP contribution is -2.32. The van der Waals surface area contributed by atoms with E-state index in [1.165, 1.54) is 19.3 Å². The molecule has 0 aromatic carbocycles. The van der Waals surface area contributed by atoms with Crippen LogP contribution in [-0.4, -0.2) is 4.57 Å². The van der Waals surface area contributed by atoms with Crippen LogP contribution >= 0.6 is 11.6 Å². The summed E-state index contributed by atoms with van der Waals surface area (Å²) in [6.07, 6.45) is 7.75. The molecule has 0 bridgehead atoms. The minimum atomic E-state index is 0.811. The minimum absolute atomic E-state index is 0.811. The number of aromatic nitrogens is 2. The summed E-state index contributed by atoms with van der Waals surface area (Å²) in [5.74, 6) is 0. The van der Waals surface area contributed by atoms with Crippen LogP contribution in [0.1, 0.15) is 26.2 Å². The average molecular weight is 188 g/mol. The molecule has 0 fully saturated rings. The number of rotatable bonds is 4. The van der Waals surface area contributed by atoms with Gasteiger partial charge in [0.2, 0.25) is 0 Å². The first-order valence-electron chi connectivity index (χ1n) is 4.46. The fourth-order valence-electron chi connectivity index (χ4n) is 1.21. The van der Waals surface area contributed by atoms with Gasteiger partial charge in [0.25, 0.3) is 0 Å².